The van der Waals surface area contributed by atoms with Crippen LogP contribution in [0.5, 0.6) is 0 Å². The zero-order valence-electron chi connectivity index (χ0n) is 17.7. The molecule has 0 bridgehead atoms. The molecule has 0 aliphatic carbocycles. The summed E-state index contributed by atoms with van der Waals surface area (Å²) in [6, 6.07) is 14.7. The highest BCUT2D eigenvalue weighted by atomic mass is 35.5. The first-order valence-corrected chi connectivity index (χ1v) is 11.5. The van der Waals surface area contributed by atoms with Gasteiger partial charge in [-0.1, -0.05) is 29.3 Å². The number of hydrogen-bond acceptors (Lipinski definition) is 3. The number of rotatable bonds is 4. The number of aromatic nitrogens is 1. The Morgan fingerprint density at radius 3 is 2.42 bits per heavy atom. The van der Waals surface area contributed by atoms with Crippen molar-refractivity contribution in [3.63, 3.8) is 0 Å². The Labute approximate surface area is 200 Å². The van der Waals surface area contributed by atoms with Crippen molar-refractivity contribution in [1.29, 1.82) is 0 Å². The van der Waals surface area contributed by atoms with Crippen LogP contribution in [0.2, 0.25) is 10.0 Å². The van der Waals surface area contributed by atoms with Gasteiger partial charge in [0.15, 0.2) is 0 Å². The summed E-state index contributed by atoms with van der Waals surface area (Å²) in [5.41, 5.74) is 9.69. The fraction of sp³-hybridized carbons (Fsp3) is 0.200. The third-order valence-electron chi connectivity index (χ3n) is 6.16. The maximum Gasteiger partial charge on any atom is 0.251 e. The number of piperidine rings is 1. The van der Waals surface area contributed by atoms with E-state index in [1.165, 1.54) is 0 Å². The lowest BCUT2D eigenvalue weighted by Gasteiger charge is -2.23. The second kappa shape index (κ2) is 8.71. The fourth-order valence-corrected chi connectivity index (χ4v) is 4.71. The van der Waals surface area contributed by atoms with Gasteiger partial charge in [0.05, 0.1) is 21.1 Å². The summed E-state index contributed by atoms with van der Waals surface area (Å²) in [6.07, 6.45) is 1.83. The summed E-state index contributed by atoms with van der Waals surface area (Å²) in [5.74, 6) is -0.647. The molecule has 0 radical (unpaired) electrons. The van der Waals surface area contributed by atoms with Crippen molar-refractivity contribution < 1.29 is 9.59 Å². The van der Waals surface area contributed by atoms with Gasteiger partial charge in [-0.05, 0) is 79.5 Å². The maximum absolute atomic E-state index is 12.9. The molecule has 0 unspecified atom stereocenters. The van der Waals surface area contributed by atoms with Gasteiger partial charge in [0.1, 0.15) is 0 Å². The molecule has 3 aromatic carbocycles. The van der Waals surface area contributed by atoms with E-state index in [9.17, 15) is 9.59 Å². The molecule has 1 aromatic heterocycles. The molecule has 0 saturated carbocycles. The fourth-order valence-electron chi connectivity index (χ4n) is 4.41. The van der Waals surface area contributed by atoms with Gasteiger partial charge in [-0.2, -0.15) is 0 Å². The molecule has 5 rings (SSSR count). The molecule has 0 spiro atoms. The number of aromatic amines is 1. The van der Waals surface area contributed by atoms with Gasteiger partial charge in [-0.25, -0.2) is 0 Å². The predicted molar refractivity (Wildman–Crippen MR) is 133 cm³/mol. The molecule has 8 heteroatoms. The molecule has 168 valence electrons. The van der Waals surface area contributed by atoms with Crippen LogP contribution in [0.3, 0.4) is 0 Å². The minimum atomic E-state index is -0.544. The highest BCUT2D eigenvalue weighted by Gasteiger charge is 2.19. The molecule has 0 atom stereocenters. The lowest BCUT2D eigenvalue weighted by atomic mass is 9.98. The highest BCUT2D eigenvalue weighted by Crippen LogP contribution is 2.35. The SMILES string of the molecule is NC(=O)c1cc(-c2ccc(Cl)c(Cl)c2)cc2c1[nH]c1ccc(C(=O)NC3CCNCC3)cc12. The Balaban J connectivity index is 1.62. The van der Waals surface area contributed by atoms with E-state index in [-0.39, 0.29) is 11.9 Å². The molecule has 5 N–H and O–H groups in total. The Morgan fingerprint density at radius 1 is 0.909 bits per heavy atom. The van der Waals surface area contributed by atoms with E-state index in [0.29, 0.717) is 26.7 Å². The molecule has 33 heavy (non-hydrogen) atoms. The first kappa shape index (κ1) is 21.8. The van der Waals surface area contributed by atoms with E-state index in [1.54, 1.807) is 24.3 Å². The number of benzene rings is 3. The molecule has 1 fully saturated rings. The molecule has 2 heterocycles. The number of hydrogen-bond donors (Lipinski definition) is 4. The van der Waals surface area contributed by atoms with Crippen molar-refractivity contribution in [3.8, 4) is 11.1 Å². The molecule has 4 aromatic rings. The minimum Gasteiger partial charge on any atom is -0.366 e. The average molecular weight is 481 g/mol. The van der Waals surface area contributed by atoms with E-state index in [4.69, 9.17) is 28.9 Å². The molecule has 1 aliphatic rings. The number of H-pyrrole nitrogens is 1. The smallest absolute Gasteiger partial charge is 0.251 e. The van der Waals surface area contributed by atoms with Gasteiger partial charge in [-0.15, -0.1) is 0 Å². The van der Waals surface area contributed by atoms with Gasteiger partial charge in [0.25, 0.3) is 11.8 Å². The predicted octanol–water partition coefficient (Wildman–Crippen LogP) is 4.88. The number of primary amides is 1. The maximum atomic E-state index is 12.9. The van der Waals surface area contributed by atoms with Crippen molar-refractivity contribution in [3.05, 3.63) is 69.7 Å². The summed E-state index contributed by atoms with van der Waals surface area (Å²) < 4.78 is 0. The largest absolute Gasteiger partial charge is 0.366 e. The van der Waals surface area contributed by atoms with Crippen LogP contribution in [-0.4, -0.2) is 35.9 Å². The first-order chi connectivity index (χ1) is 15.9. The quantitative estimate of drug-likeness (QED) is 0.335. The van der Waals surface area contributed by atoms with Crippen LogP contribution in [-0.2, 0) is 0 Å². The Morgan fingerprint density at radius 2 is 1.70 bits per heavy atom. The zero-order valence-corrected chi connectivity index (χ0v) is 19.2. The minimum absolute atomic E-state index is 0.103. The monoisotopic (exact) mass is 480 g/mol. The topological polar surface area (TPSA) is 100 Å². The number of amides is 2. The first-order valence-electron chi connectivity index (χ1n) is 10.8. The summed E-state index contributed by atoms with van der Waals surface area (Å²) >= 11 is 12.3. The second-order valence-corrected chi connectivity index (χ2v) is 9.14. The van der Waals surface area contributed by atoms with Crippen molar-refractivity contribution in [2.45, 2.75) is 18.9 Å². The standard InChI is InChI=1S/C25H22Cl2N4O2/c26-20-3-1-13(12-21(20)27)15-10-18-17-9-14(25(33)30-16-5-7-29-8-6-16)2-4-22(17)31-23(18)19(11-15)24(28)32/h1-4,9-12,16,29,31H,5-8H2,(H2,28,32)(H,30,33). The van der Waals surface area contributed by atoms with Gasteiger partial charge < -0.3 is 21.4 Å². The summed E-state index contributed by atoms with van der Waals surface area (Å²) in [6.45, 7) is 1.81. The summed E-state index contributed by atoms with van der Waals surface area (Å²) in [5, 5.41) is 8.95. The molecule has 2 amide bonds. The van der Waals surface area contributed by atoms with Crippen LogP contribution in [0, 0.1) is 0 Å². The van der Waals surface area contributed by atoms with Crippen LogP contribution in [0.25, 0.3) is 32.9 Å². The van der Waals surface area contributed by atoms with E-state index in [2.05, 4.69) is 15.6 Å². The molecule has 1 aliphatic heterocycles. The zero-order chi connectivity index (χ0) is 23.1. The lowest BCUT2D eigenvalue weighted by Crippen LogP contribution is -2.42. The third-order valence-corrected chi connectivity index (χ3v) is 6.90. The van der Waals surface area contributed by atoms with Crippen molar-refractivity contribution in [1.82, 2.24) is 15.6 Å². The van der Waals surface area contributed by atoms with Crippen LogP contribution in [0.15, 0.2) is 48.5 Å². The Hall–Kier alpha value is -3.06. The van der Waals surface area contributed by atoms with E-state index < -0.39 is 5.91 Å². The molecule has 6 nitrogen and oxygen atoms in total. The Bertz CT molecular complexity index is 1410. The normalized spacial score (nSPS) is 14.6. The van der Waals surface area contributed by atoms with Crippen molar-refractivity contribution >= 4 is 56.8 Å². The van der Waals surface area contributed by atoms with Crippen LogP contribution < -0.4 is 16.4 Å². The van der Waals surface area contributed by atoms with Gasteiger partial charge in [0.2, 0.25) is 0 Å². The number of halogens is 2. The van der Waals surface area contributed by atoms with E-state index >= 15 is 0 Å². The molecule has 1 saturated heterocycles. The molecular formula is C25H22Cl2N4O2. The number of fused-ring (bicyclic) bond motifs is 3. The summed E-state index contributed by atoms with van der Waals surface area (Å²) in [4.78, 5) is 28.5. The van der Waals surface area contributed by atoms with Gasteiger partial charge in [0, 0.05) is 27.9 Å². The highest BCUT2D eigenvalue weighted by molar-refractivity contribution is 6.42. The van der Waals surface area contributed by atoms with Crippen LogP contribution >= 0.6 is 23.2 Å². The Kier molecular flexibility index (Phi) is 5.74. The number of carbonyl (C=O) groups is 2. The van der Waals surface area contributed by atoms with Crippen molar-refractivity contribution in [2.75, 3.05) is 13.1 Å². The number of carbonyl (C=O) groups excluding carboxylic acids is 2. The second-order valence-electron chi connectivity index (χ2n) is 8.32. The number of nitrogens with two attached hydrogens (primary N) is 1. The summed E-state index contributed by atoms with van der Waals surface area (Å²) in [7, 11) is 0. The number of nitrogens with one attached hydrogen (secondary N) is 3. The average Bonchev–Trinajstić information content (AvgIpc) is 3.18. The van der Waals surface area contributed by atoms with E-state index in [0.717, 1.165) is 53.3 Å². The van der Waals surface area contributed by atoms with Gasteiger partial charge >= 0.3 is 0 Å². The van der Waals surface area contributed by atoms with Crippen LogP contribution in [0.4, 0.5) is 0 Å². The van der Waals surface area contributed by atoms with Crippen LogP contribution in [0.1, 0.15) is 33.6 Å². The van der Waals surface area contributed by atoms with Gasteiger partial charge in [-0.3, -0.25) is 9.59 Å². The molecular weight excluding hydrogens is 459 g/mol. The third kappa shape index (κ3) is 4.17. The van der Waals surface area contributed by atoms with E-state index in [1.807, 2.05) is 24.3 Å². The van der Waals surface area contributed by atoms with Crippen molar-refractivity contribution in [2.24, 2.45) is 5.73 Å². The lowest BCUT2D eigenvalue weighted by molar-refractivity contribution is 0.0928.